The Labute approximate surface area is 279 Å². The van der Waals surface area contributed by atoms with Crippen LogP contribution in [0.15, 0.2) is 41.3 Å². The molecule has 0 bridgehead atoms. The maximum Gasteiger partial charge on any atom is 0.410 e. The largest absolute Gasteiger partial charge is 0.507 e. The standard InChI is InChI=1S/C33H35ClF4N6O4/c1-16-11-12-39-25(19(4)33(36,37)38)27(16)44-29-20(13-21(34)26(40-29)24-22(35)9-8-10-23(24)45)28(41-30(44)46)42-14-18(3)43(15-17(42)2)31(47)48-32(5,6)7/h8-13,17-19,45H,14-15H2,1-7H3/t17-,18+,19?/m0/s1. The van der Waals surface area contributed by atoms with Crippen molar-refractivity contribution in [3.63, 3.8) is 0 Å². The molecule has 1 N–H and O–H groups in total. The molecule has 1 amide bonds. The number of anilines is 1. The average molecular weight is 691 g/mol. The molecule has 3 atom stereocenters. The molecule has 3 aromatic heterocycles. The maximum atomic E-state index is 15.1. The van der Waals surface area contributed by atoms with Gasteiger partial charge in [-0.1, -0.05) is 17.7 Å². The van der Waals surface area contributed by atoms with E-state index >= 15 is 4.39 Å². The summed E-state index contributed by atoms with van der Waals surface area (Å²) in [6.07, 6.45) is -4.00. The first-order chi connectivity index (χ1) is 22.3. The fraction of sp³-hybridized carbons (Fsp3) is 0.424. The Morgan fingerprint density at radius 2 is 1.79 bits per heavy atom. The quantitative estimate of drug-likeness (QED) is 0.225. The molecule has 48 heavy (non-hydrogen) atoms. The minimum Gasteiger partial charge on any atom is -0.507 e. The van der Waals surface area contributed by atoms with Gasteiger partial charge < -0.3 is 19.6 Å². The summed E-state index contributed by atoms with van der Waals surface area (Å²) < 4.78 is 63.9. The Morgan fingerprint density at radius 1 is 1.10 bits per heavy atom. The number of fused-ring (bicyclic) bond motifs is 1. The van der Waals surface area contributed by atoms with Crippen molar-refractivity contribution in [3.05, 3.63) is 69.1 Å². The summed E-state index contributed by atoms with van der Waals surface area (Å²) in [5.74, 6) is -3.33. The zero-order valence-electron chi connectivity index (χ0n) is 27.4. The van der Waals surface area contributed by atoms with E-state index in [1.807, 2.05) is 6.92 Å². The lowest BCUT2D eigenvalue weighted by Gasteiger charge is -2.44. The average Bonchev–Trinajstić information content (AvgIpc) is 2.97. The highest BCUT2D eigenvalue weighted by atomic mass is 35.5. The number of ether oxygens (including phenoxy) is 1. The Morgan fingerprint density at radius 3 is 2.42 bits per heavy atom. The number of phenolic OH excluding ortho intramolecular Hbond substituents is 1. The third-order valence-electron chi connectivity index (χ3n) is 8.19. The summed E-state index contributed by atoms with van der Waals surface area (Å²) in [7, 11) is 0. The molecule has 1 aromatic carbocycles. The van der Waals surface area contributed by atoms with Crippen LogP contribution in [0, 0.1) is 12.7 Å². The van der Waals surface area contributed by atoms with Gasteiger partial charge in [-0.15, -0.1) is 0 Å². The molecule has 0 radical (unpaired) electrons. The van der Waals surface area contributed by atoms with Crippen molar-refractivity contribution in [3.8, 4) is 22.7 Å². The van der Waals surface area contributed by atoms with Crippen LogP contribution in [0.25, 0.3) is 28.0 Å². The number of piperazine rings is 1. The second kappa shape index (κ2) is 12.5. The van der Waals surface area contributed by atoms with Gasteiger partial charge in [-0.25, -0.2) is 23.5 Å². The number of carbonyl (C=O) groups excluding carboxylic acids is 1. The summed E-state index contributed by atoms with van der Waals surface area (Å²) in [5, 5.41) is 10.6. The smallest absolute Gasteiger partial charge is 0.410 e. The molecule has 256 valence electrons. The van der Waals surface area contributed by atoms with E-state index in [9.17, 15) is 27.9 Å². The number of rotatable bonds is 4. The Bertz CT molecular complexity index is 1940. The molecular weight excluding hydrogens is 656 g/mol. The van der Waals surface area contributed by atoms with Crippen LogP contribution in [0.2, 0.25) is 5.02 Å². The molecule has 4 aromatic rings. The van der Waals surface area contributed by atoms with Crippen LogP contribution in [0.5, 0.6) is 5.75 Å². The lowest BCUT2D eigenvalue weighted by molar-refractivity contribution is -0.147. The van der Waals surface area contributed by atoms with Gasteiger partial charge in [-0.05, 0) is 78.3 Å². The summed E-state index contributed by atoms with van der Waals surface area (Å²) in [5.41, 5.74) is -2.85. The highest BCUT2D eigenvalue weighted by Crippen LogP contribution is 2.41. The SMILES string of the molecule is Cc1ccnc(C(C)C(F)(F)F)c1-n1c(=O)nc(N2C[C@@H](C)N(C(=O)OC(C)(C)C)C[C@@H]2C)c2cc(Cl)c(-c3c(O)cccc3F)nc21. The molecular formula is C33H35ClF4N6O4. The van der Waals surface area contributed by atoms with E-state index in [0.29, 0.717) is 0 Å². The van der Waals surface area contributed by atoms with Crippen molar-refractivity contribution in [1.82, 2.24) is 24.4 Å². The van der Waals surface area contributed by atoms with E-state index in [1.165, 1.54) is 37.4 Å². The van der Waals surface area contributed by atoms with Crippen molar-refractivity contribution in [1.29, 1.82) is 0 Å². The highest BCUT2D eigenvalue weighted by Gasteiger charge is 2.41. The van der Waals surface area contributed by atoms with Crippen LogP contribution in [-0.4, -0.2) is 72.6 Å². The van der Waals surface area contributed by atoms with E-state index in [1.54, 1.807) is 37.5 Å². The van der Waals surface area contributed by atoms with E-state index < -0.39 is 58.8 Å². The summed E-state index contributed by atoms with van der Waals surface area (Å²) >= 11 is 6.69. The van der Waals surface area contributed by atoms with Crippen molar-refractivity contribution < 1.29 is 32.2 Å². The lowest BCUT2D eigenvalue weighted by atomic mass is 10.0. The number of nitrogens with zero attached hydrogens (tertiary/aromatic N) is 6. The van der Waals surface area contributed by atoms with E-state index in [-0.39, 0.29) is 57.5 Å². The first-order valence-electron chi connectivity index (χ1n) is 15.2. The number of halogens is 5. The molecule has 0 spiro atoms. The van der Waals surface area contributed by atoms with Gasteiger partial charge >= 0.3 is 18.0 Å². The third kappa shape index (κ3) is 6.49. The molecule has 1 saturated heterocycles. The number of benzene rings is 1. The summed E-state index contributed by atoms with van der Waals surface area (Å²) in [4.78, 5) is 43.4. The molecule has 10 nitrogen and oxygen atoms in total. The first kappa shape index (κ1) is 34.9. The number of hydrogen-bond donors (Lipinski definition) is 1. The number of hydrogen-bond acceptors (Lipinski definition) is 8. The van der Waals surface area contributed by atoms with Gasteiger partial charge in [0.2, 0.25) is 0 Å². The van der Waals surface area contributed by atoms with Gasteiger partial charge in [-0.3, -0.25) is 4.98 Å². The second-order valence-electron chi connectivity index (χ2n) is 13.0. The third-order valence-corrected chi connectivity index (χ3v) is 8.48. The molecule has 0 aliphatic carbocycles. The van der Waals surface area contributed by atoms with Crippen molar-refractivity contribution in [2.75, 3.05) is 18.0 Å². The van der Waals surface area contributed by atoms with Crippen LogP contribution >= 0.6 is 11.6 Å². The molecule has 1 fully saturated rings. The maximum absolute atomic E-state index is 15.1. The summed E-state index contributed by atoms with van der Waals surface area (Å²) in [6.45, 7) is 11.8. The molecule has 4 heterocycles. The predicted octanol–water partition coefficient (Wildman–Crippen LogP) is 7.15. The normalized spacial score (nSPS) is 17.9. The van der Waals surface area contributed by atoms with Gasteiger partial charge in [0.05, 0.1) is 39.0 Å². The predicted molar refractivity (Wildman–Crippen MR) is 173 cm³/mol. The number of pyridine rings is 2. The van der Waals surface area contributed by atoms with Gasteiger partial charge in [0, 0.05) is 31.4 Å². The van der Waals surface area contributed by atoms with Crippen LogP contribution < -0.4 is 10.6 Å². The summed E-state index contributed by atoms with van der Waals surface area (Å²) in [6, 6.07) is 5.61. The fourth-order valence-electron chi connectivity index (χ4n) is 5.78. The number of aromatic nitrogens is 4. The van der Waals surface area contributed by atoms with E-state index in [4.69, 9.17) is 16.3 Å². The van der Waals surface area contributed by atoms with Gasteiger partial charge in [0.15, 0.2) is 5.65 Å². The lowest BCUT2D eigenvalue weighted by Crippen LogP contribution is -2.59. The Kier molecular flexibility index (Phi) is 9.10. The van der Waals surface area contributed by atoms with Crippen LogP contribution in [0.3, 0.4) is 0 Å². The number of aryl methyl sites for hydroxylation is 1. The van der Waals surface area contributed by atoms with Crippen LogP contribution in [0.1, 0.15) is 58.7 Å². The monoisotopic (exact) mass is 690 g/mol. The van der Waals surface area contributed by atoms with Crippen LogP contribution in [0.4, 0.5) is 28.2 Å². The first-order valence-corrected chi connectivity index (χ1v) is 15.6. The number of aromatic hydroxyl groups is 1. The minimum atomic E-state index is -4.71. The van der Waals surface area contributed by atoms with Gasteiger partial charge in [0.25, 0.3) is 0 Å². The van der Waals surface area contributed by atoms with Crippen molar-refractivity contribution >= 4 is 34.5 Å². The molecule has 5 rings (SSSR count). The highest BCUT2D eigenvalue weighted by molar-refractivity contribution is 6.34. The minimum absolute atomic E-state index is 0.111. The van der Waals surface area contributed by atoms with E-state index in [0.717, 1.165) is 17.6 Å². The van der Waals surface area contributed by atoms with Crippen molar-refractivity contribution in [2.24, 2.45) is 0 Å². The molecule has 15 heteroatoms. The number of amides is 1. The number of alkyl halides is 3. The topological polar surface area (TPSA) is 114 Å². The zero-order chi connectivity index (χ0) is 35.5. The van der Waals surface area contributed by atoms with Crippen molar-refractivity contribution in [2.45, 2.75) is 78.2 Å². The Hall–Kier alpha value is -4.46. The molecule has 1 unspecified atom stereocenters. The molecule has 1 aliphatic heterocycles. The van der Waals surface area contributed by atoms with Gasteiger partial charge in [0.1, 0.15) is 23.0 Å². The zero-order valence-corrected chi connectivity index (χ0v) is 28.1. The van der Waals surface area contributed by atoms with E-state index in [2.05, 4.69) is 15.0 Å². The Balaban J connectivity index is 1.79. The number of phenols is 1. The van der Waals surface area contributed by atoms with Crippen LogP contribution in [-0.2, 0) is 4.74 Å². The van der Waals surface area contributed by atoms with Gasteiger partial charge in [-0.2, -0.15) is 18.2 Å². The molecule has 0 saturated carbocycles. The molecule has 1 aliphatic rings. The fourth-order valence-corrected chi connectivity index (χ4v) is 6.03. The second-order valence-corrected chi connectivity index (χ2v) is 13.4. The number of carbonyl (C=O) groups is 1.